The van der Waals surface area contributed by atoms with Gasteiger partial charge in [-0.1, -0.05) is 67.6 Å². The number of thioether (sulfide) groups is 1. The van der Waals surface area contributed by atoms with Gasteiger partial charge in [-0.25, -0.2) is 4.98 Å². The summed E-state index contributed by atoms with van der Waals surface area (Å²) in [5.41, 5.74) is 3.87. The zero-order chi connectivity index (χ0) is 33.3. The van der Waals surface area contributed by atoms with Crippen LogP contribution in [0.25, 0.3) is 16.3 Å². The van der Waals surface area contributed by atoms with Crippen molar-refractivity contribution in [1.82, 2.24) is 10.3 Å². The maximum atomic E-state index is 13.4. The fourth-order valence-electron chi connectivity index (χ4n) is 4.58. The Labute approximate surface area is 282 Å². The third kappa shape index (κ3) is 9.08. The van der Waals surface area contributed by atoms with Gasteiger partial charge in [-0.3, -0.25) is 14.4 Å². The van der Waals surface area contributed by atoms with Crippen molar-refractivity contribution >= 4 is 67.9 Å². The van der Waals surface area contributed by atoms with Gasteiger partial charge in [0.15, 0.2) is 5.13 Å². The number of carbonyl (C=O) groups excluding carboxylic acids is 3. The molecule has 4 aromatic carbocycles. The van der Waals surface area contributed by atoms with Crippen LogP contribution in [0.5, 0.6) is 5.75 Å². The number of carbonyl (C=O) groups is 3. The van der Waals surface area contributed by atoms with Gasteiger partial charge in [0.1, 0.15) is 11.4 Å². The zero-order valence-electron chi connectivity index (χ0n) is 26.6. The van der Waals surface area contributed by atoms with Crippen LogP contribution in [0.4, 0.5) is 10.8 Å². The Balaban J connectivity index is 1.23. The molecule has 1 unspecified atom stereocenters. The number of benzene rings is 4. The van der Waals surface area contributed by atoms with Crippen LogP contribution in [0.15, 0.2) is 108 Å². The van der Waals surface area contributed by atoms with Crippen molar-refractivity contribution in [2.75, 3.05) is 17.2 Å². The summed E-state index contributed by atoms with van der Waals surface area (Å²) in [6.07, 6.45) is 1.66. The fraction of sp³-hybridized carbons (Fsp3) is 0.189. The minimum Gasteiger partial charge on any atom is -0.494 e. The predicted molar refractivity (Wildman–Crippen MR) is 192 cm³/mol. The minimum absolute atomic E-state index is 0.115. The zero-order valence-corrected chi connectivity index (χ0v) is 28.2. The first kappa shape index (κ1) is 33.4. The molecule has 8 nitrogen and oxygen atoms in total. The first-order valence-corrected chi connectivity index (χ1v) is 17.0. The Morgan fingerprint density at radius 1 is 0.894 bits per heavy atom. The Morgan fingerprint density at radius 3 is 2.30 bits per heavy atom. The Hall–Kier alpha value is -4.93. The van der Waals surface area contributed by atoms with E-state index in [1.54, 1.807) is 42.5 Å². The SMILES string of the molecule is CCOc1ccc2nc(NC(=O)C(C)Sc3ccc(NC(=O)/C(=C/c4ccc(C(C)C)cc4)NC(=O)c4ccccc4)cc3)sc2c1. The summed E-state index contributed by atoms with van der Waals surface area (Å²) < 4.78 is 6.50. The maximum absolute atomic E-state index is 13.4. The fourth-order valence-corrected chi connectivity index (χ4v) is 6.35. The maximum Gasteiger partial charge on any atom is 0.272 e. The highest BCUT2D eigenvalue weighted by Crippen LogP contribution is 2.31. The summed E-state index contributed by atoms with van der Waals surface area (Å²) in [7, 11) is 0. The van der Waals surface area contributed by atoms with Crippen LogP contribution in [0, 0.1) is 0 Å². The molecule has 0 aliphatic carbocycles. The summed E-state index contributed by atoms with van der Waals surface area (Å²) in [5.74, 6) is 0.137. The van der Waals surface area contributed by atoms with Gasteiger partial charge in [-0.15, -0.1) is 11.8 Å². The van der Waals surface area contributed by atoms with E-state index in [4.69, 9.17) is 4.74 Å². The number of thiazole rings is 1. The number of nitrogens with one attached hydrogen (secondary N) is 3. The van der Waals surface area contributed by atoms with Crippen molar-refractivity contribution < 1.29 is 19.1 Å². The molecule has 47 heavy (non-hydrogen) atoms. The Bertz CT molecular complexity index is 1890. The van der Waals surface area contributed by atoms with E-state index in [1.165, 1.54) is 28.7 Å². The molecule has 3 N–H and O–H groups in total. The van der Waals surface area contributed by atoms with Gasteiger partial charge in [0, 0.05) is 16.1 Å². The molecule has 1 heterocycles. The summed E-state index contributed by atoms with van der Waals surface area (Å²) in [5, 5.41) is 8.71. The summed E-state index contributed by atoms with van der Waals surface area (Å²) in [4.78, 5) is 44.7. The van der Waals surface area contributed by atoms with Crippen LogP contribution in [-0.2, 0) is 9.59 Å². The quantitative estimate of drug-likeness (QED) is 0.0914. The van der Waals surface area contributed by atoms with E-state index < -0.39 is 11.2 Å². The molecule has 0 bridgehead atoms. The molecule has 0 saturated heterocycles. The Kier molecular flexibility index (Phi) is 11.1. The van der Waals surface area contributed by atoms with Gasteiger partial charge in [0.25, 0.3) is 11.8 Å². The average Bonchev–Trinajstić information content (AvgIpc) is 3.47. The van der Waals surface area contributed by atoms with E-state index in [0.717, 1.165) is 26.4 Å². The van der Waals surface area contributed by atoms with Gasteiger partial charge >= 0.3 is 0 Å². The van der Waals surface area contributed by atoms with E-state index in [-0.39, 0.29) is 17.5 Å². The number of amides is 3. The van der Waals surface area contributed by atoms with Crippen molar-refractivity contribution in [3.63, 3.8) is 0 Å². The number of anilines is 2. The van der Waals surface area contributed by atoms with E-state index in [1.807, 2.05) is 74.5 Å². The van der Waals surface area contributed by atoms with Gasteiger partial charge in [-0.2, -0.15) is 0 Å². The highest BCUT2D eigenvalue weighted by atomic mass is 32.2. The van der Waals surface area contributed by atoms with Crippen LogP contribution in [0.2, 0.25) is 0 Å². The lowest BCUT2D eigenvalue weighted by molar-refractivity contribution is -0.115. The molecule has 5 rings (SSSR count). The molecule has 3 amide bonds. The molecule has 1 aromatic heterocycles. The van der Waals surface area contributed by atoms with Gasteiger partial charge in [-0.05, 0) is 91.6 Å². The molecule has 0 aliphatic heterocycles. The van der Waals surface area contributed by atoms with Crippen LogP contribution < -0.4 is 20.7 Å². The monoisotopic (exact) mass is 664 g/mol. The molecular formula is C37H36N4O4S2. The summed E-state index contributed by atoms with van der Waals surface area (Å²) in [6, 6.07) is 29.5. The second-order valence-corrected chi connectivity index (χ2v) is 13.5. The topological polar surface area (TPSA) is 109 Å². The highest BCUT2D eigenvalue weighted by molar-refractivity contribution is 8.00. The molecule has 0 fully saturated rings. The smallest absolute Gasteiger partial charge is 0.272 e. The van der Waals surface area contributed by atoms with E-state index in [9.17, 15) is 14.4 Å². The van der Waals surface area contributed by atoms with Crippen LogP contribution in [0.1, 0.15) is 55.1 Å². The molecule has 0 spiro atoms. The molecule has 0 aliphatic rings. The molecule has 1 atom stereocenters. The number of fused-ring (bicyclic) bond motifs is 1. The minimum atomic E-state index is -0.459. The van der Waals surface area contributed by atoms with Crippen molar-refractivity contribution in [3.05, 3.63) is 119 Å². The predicted octanol–water partition coefficient (Wildman–Crippen LogP) is 8.35. The summed E-state index contributed by atoms with van der Waals surface area (Å²) in [6.45, 7) is 8.57. The van der Waals surface area contributed by atoms with Gasteiger partial charge in [0.2, 0.25) is 5.91 Å². The largest absolute Gasteiger partial charge is 0.494 e. The number of nitrogens with zero attached hydrogens (tertiary/aromatic N) is 1. The molecule has 10 heteroatoms. The number of hydrogen-bond acceptors (Lipinski definition) is 7. The molecular weight excluding hydrogens is 629 g/mol. The third-order valence-electron chi connectivity index (χ3n) is 7.14. The normalized spacial score (nSPS) is 12.1. The van der Waals surface area contributed by atoms with E-state index in [0.29, 0.717) is 28.9 Å². The number of aromatic nitrogens is 1. The van der Waals surface area contributed by atoms with Crippen molar-refractivity contribution in [2.45, 2.75) is 43.8 Å². The lowest BCUT2D eigenvalue weighted by atomic mass is 10.0. The lowest BCUT2D eigenvalue weighted by Crippen LogP contribution is -2.30. The molecule has 240 valence electrons. The molecule has 0 saturated carbocycles. The summed E-state index contributed by atoms with van der Waals surface area (Å²) >= 11 is 2.80. The third-order valence-corrected chi connectivity index (χ3v) is 9.18. The first-order valence-electron chi connectivity index (χ1n) is 15.3. The number of rotatable bonds is 12. The van der Waals surface area contributed by atoms with Crippen molar-refractivity contribution in [1.29, 1.82) is 0 Å². The van der Waals surface area contributed by atoms with Gasteiger partial charge in [0.05, 0.1) is 22.1 Å². The second kappa shape index (κ2) is 15.6. The van der Waals surface area contributed by atoms with E-state index >= 15 is 0 Å². The lowest BCUT2D eigenvalue weighted by Gasteiger charge is -2.13. The molecule has 0 radical (unpaired) electrons. The average molecular weight is 665 g/mol. The highest BCUT2D eigenvalue weighted by Gasteiger charge is 2.18. The molecule has 5 aromatic rings. The van der Waals surface area contributed by atoms with Crippen LogP contribution >= 0.6 is 23.1 Å². The van der Waals surface area contributed by atoms with Gasteiger partial charge < -0.3 is 20.7 Å². The van der Waals surface area contributed by atoms with Crippen LogP contribution in [-0.4, -0.2) is 34.6 Å². The first-order chi connectivity index (χ1) is 22.7. The standard InChI is InChI=1S/C37H36N4O4S2/c1-5-45-29-17-20-31-33(22-29)47-37(40-31)41-34(42)24(4)46-30-18-15-28(16-19-30)38-36(44)32(39-35(43)27-9-7-6-8-10-27)21-25-11-13-26(14-12-25)23(2)3/h6-24H,5H2,1-4H3,(H,38,44)(H,39,43)(H,40,41,42)/b32-21-. The van der Waals surface area contributed by atoms with Crippen molar-refractivity contribution in [3.8, 4) is 5.75 Å². The number of hydrogen-bond donors (Lipinski definition) is 3. The second-order valence-electron chi connectivity index (χ2n) is 11.0. The van der Waals surface area contributed by atoms with Crippen molar-refractivity contribution in [2.24, 2.45) is 0 Å². The Morgan fingerprint density at radius 2 is 1.62 bits per heavy atom. The van der Waals surface area contributed by atoms with E-state index in [2.05, 4.69) is 34.8 Å². The number of ether oxygens (including phenoxy) is 1. The van der Waals surface area contributed by atoms with Crippen LogP contribution in [0.3, 0.4) is 0 Å².